The molecule has 3 N–H and O–H groups in total. The van der Waals surface area contributed by atoms with Crippen molar-refractivity contribution in [3.63, 3.8) is 0 Å². The van der Waals surface area contributed by atoms with E-state index < -0.39 is 35.1 Å². The number of anilines is 2. The largest absolute Gasteiger partial charge is 0.478 e. The van der Waals surface area contributed by atoms with Gasteiger partial charge in [-0.25, -0.2) is 4.79 Å². The van der Waals surface area contributed by atoms with Crippen molar-refractivity contribution < 1.29 is 28.2 Å². The number of ether oxygens (including phenoxy) is 2. The van der Waals surface area contributed by atoms with Gasteiger partial charge in [0.1, 0.15) is 22.7 Å². The maximum Gasteiger partial charge on any atom is 0.339 e. The van der Waals surface area contributed by atoms with Crippen LogP contribution in [0.25, 0.3) is 11.1 Å². The Kier molecular flexibility index (Phi) is 9.79. The molecule has 0 saturated carbocycles. The minimum Gasteiger partial charge on any atom is -0.478 e. The predicted molar refractivity (Wildman–Crippen MR) is 164 cm³/mol. The lowest BCUT2D eigenvalue weighted by molar-refractivity contribution is 0.0694. The molecule has 0 atom stereocenters. The van der Waals surface area contributed by atoms with E-state index in [2.05, 4.69) is 4.98 Å². The Labute approximate surface area is 249 Å². The molecule has 0 aliphatic heterocycles. The molecule has 226 valence electrons. The van der Waals surface area contributed by atoms with Crippen molar-refractivity contribution in [2.45, 2.75) is 6.54 Å². The second kappa shape index (κ2) is 13.5. The molecule has 0 bridgehead atoms. The molecule has 0 radical (unpaired) electrons. The molecule has 4 aromatic rings. The molecule has 0 aliphatic carbocycles. The molecule has 1 aromatic heterocycles. The van der Waals surface area contributed by atoms with Gasteiger partial charge in [-0.05, 0) is 61.1 Å². The number of pyridine rings is 1. The molecule has 0 saturated heterocycles. The van der Waals surface area contributed by atoms with E-state index in [1.54, 1.807) is 50.3 Å². The molecular weight excluding hydrogens is 556 g/mol. The van der Waals surface area contributed by atoms with E-state index in [0.29, 0.717) is 18.8 Å². The fourth-order valence-electron chi connectivity index (χ4n) is 4.30. The van der Waals surface area contributed by atoms with E-state index in [0.717, 1.165) is 16.7 Å². The van der Waals surface area contributed by atoms with Gasteiger partial charge in [0.25, 0.3) is 11.8 Å². The Hall–Kier alpha value is -4.74. The van der Waals surface area contributed by atoms with Gasteiger partial charge in [-0.1, -0.05) is 30.3 Å². The molecule has 9 nitrogen and oxygen atoms in total. The lowest BCUT2D eigenvalue weighted by Crippen LogP contribution is -2.30. The van der Waals surface area contributed by atoms with Crippen molar-refractivity contribution >= 4 is 17.3 Å². The monoisotopic (exact) mass is 591 g/mol. The number of carboxylic acids is 1. The second-order valence-corrected chi connectivity index (χ2v) is 10.4. The Morgan fingerprint density at radius 2 is 1.51 bits per heavy atom. The van der Waals surface area contributed by atoms with Gasteiger partial charge in [0, 0.05) is 52.5 Å². The van der Waals surface area contributed by atoms with E-state index in [9.17, 15) is 9.90 Å². The number of aromatic nitrogens is 1. The molecule has 0 aliphatic rings. The number of nitrogens with zero attached hydrogens (tertiary/aromatic N) is 4. The summed E-state index contributed by atoms with van der Waals surface area (Å²) in [4.78, 5) is 21.0. The first kappa shape index (κ1) is 31.2. The quantitative estimate of drug-likeness (QED) is 0.211. The third kappa shape index (κ3) is 7.37. The zero-order chi connectivity index (χ0) is 31.3. The highest BCUT2D eigenvalue weighted by molar-refractivity contribution is 5.91. The number of likely N-dealkylation sites (N-methyl/N-ethyl adjacent to an activating group) is 2. The standard InChI is InChI=1S/C32H35F2N5O4/c1-37(2)14-15-39(5)29-27(33)30(42-24-11-7-10-22(17-24)21-9-6-8-20(16-21)19-35)36-31(28(29)34)43-26-18-23(38(3)4)12-13-25(26)32(40)41/h6-13,16-18H,14-15,19,35H2,1-5H3,(H,40,41). The molecule has 43 heavy (non-hydrogen) atoms. The van der Waals surface area contributed by atoms with E-state index in [-0.39, 0.29) is 23.6 Å². The van der Waals surface area contributed by atoms with Crippen LogP contribution in [0.5, 0.6) is 23.3 Å². The summed E-state index contributed by atoms with van der Waals surface area (Å²) in [5.74, 6) is -4.47. The summed E-state index contributed by atoms with van der Waals surface area (Å²) >= 11 is 0. The number of hydrogen-bond acceptors (Lipinski definition) is 8. The van der Waals surface area contributed by atoms with Crippen LogP contribution in [0.4, 0.5) is 20.2 Å². The van der Waals surface area contributed by atoms with Gasteiger partial charge in [-0.3, -0.25) is 0 Å². The smallest absolute Gasteiger partial charge is 0.339 e. The van der Waals surface area contributed by atoms with Crippen molar-refractivity contribution in [3.8, 4) is 34.4 Å². The highest BCUT2D eigenvalue weighted by atomic mass is 19.1. The van der Waals surface area contributed by atoms with Gasteiger partial charge in [0.2, 0.25) is 11.6 Å². The molecule has 0 fully saturated rings. The fourth-order valence-corrected chi connectivity index (χ4v) is 4.30. The van der Waals surface area contributed by atoms with Crippen LogP contribution >= 0.6 is 0 Å². The lowest BCUT2D eigenvalue weighted by Gasteiger charge is -2.24. The van der Waals surface area contributed by atoms with E-state index in [4.69, 9.17) is 15.2 Å². The van der Waals surface area contributed by atoms with Gasteiger partial charge >= 0.3 is 5.97 Å². The Morgan fingerprint density at radius 1 is 0.860 bits per heavy atom. The number of aromatic carboxylic acids is 1. The summed E-state index contributed by atoms with van der Waals surface area (Å²) < 4.78 is 43.6. The third-order valence-corrected chi connectivity index (χ3v) is 6.72. The summed E-state index contributed by atoms with van der Waals surface area (Å²) in [6.45, 7) is 1.15. The first-order valence-corrected chi connectivity index (χ1v) is 13.5. The lowest BCUT2D eigenvalue weighted by atomic mass is 10.0. The zero-order valence-electron chi connectivity index (χ0n) is 24.8. The number of rotatable bonds is 12. The second-order valence-electron chi connectivity index (χ2n) is 10.4. The highest BCUT2D eigenvalue weighted by Gasteiger charge is 2.27. The summed E-state index contributed by atoms with van der Waals surface area (Å²) in [7, 11) is 8.76. The average molecular weight is 592 g/mol. The highest BCUT2D eigenvalue weighted by Crippen LogP contribution is 2.39. The van der Waals surface area contributed by atoms with Crippen molar-refractivity contribution in [1.29, 1.82) is 0 Å². The normalized spacial score (nSPS) is 11.0. The SMILES string of the molecule is CN(C)CCN(C)c1c(F)c(Oc2cccc(-c3cccc(CN)c3)c2)nc(Oc2cc(N(C)C)ccc2C(=O)O)c1F. The van der Waals surface area contributed by atoms with Gasteiger partial charge in [-0.15, -0.1) is 0 Å². The van der Waals surface area contributed by atoms with Crippen LogP contribution in [0.1, 0.15) is 15.9 Å². The van der Waals surface area contributed by atoms with Gasteiger partial charge in [0.05, 0.1) is 0 Å². The molecule has 11 heteroatoms. The number of benzene rings is 3. The van der Waals surface area contributed by atoms with Crippen LogP contribution in [0, 0.1) is 11.6 Å². The molecular formula is C32H35F2N5O4. The first-order valence-electron chi connectivity index (χ1n) is 13.5. The van der Waals surface area contributed by atoms with Crippen LogP contribution in [-0.2, 0) is 6.54 Å². The van der Waals surface area contributed by atoms with Crippen LogP contribution in [-0.4, -0.2) is 69.3 Å². The minimum absolute atomic E-state index is 0.161. The van der Waals surface area contributed by atoms with Crippen LogP contribution in [0.15, 0.2) is 66.7 Å². The zero-order valence-corrected chi connectivity index (χ0v) is 24.8. The summed E-state index contributed by atoms with van der Waals surface area (Å²) in [5, 5.41) is 9.74. The number of nitrogens with two attached hydrogens (primary N) is 1. The van der Waals surface area contributed by atoms with Crippen molar-refractivity contribution in [3.05, 3.63) is 89.5 Å². The maximum absolute atomic E-state index is 16.0. The fraction of sp³-hybridized carbons (Fsp3) is 0.250. The molecule has 0 unspecified atom stereocenters. The molecule has 4 rings (SSSR count). The van der Waals surface area contributed by atoms with E-state index in [1.807, 2.05) is 49.3 Å². The molecule has 3 aromatic carbocycles. The van der Waals surface area contributed by atoms with Crippen LogP contribution < -0.4 is 25.0 Å². The minimum atomic E-state index is -1.28. The predicted octanol–water partition coefficient (Wildman–Crippen LogP) is 5.83. The third-order valence-electron chi connectivity index (χ3n) is 6.72. The first-order chi connectivity index (χ1) is 20.5. The number of carbonyl (C=O) groups is 1. The molecule has 0 spiro atoms. The molecule has 0 amide bonds. The number of hydrogen-bond donors (Lipinski definition) is 2. The van der Waals surface area contributed by atoms with E-state index >= 15 is 8.78 Å². The maximum atomic E-state index is 16.0. The van der Waals surface area contributed by atoms with Crippen molar-refractivity contribution in [2.75, 3.05) is 58.1 Å². The Balaban J connectivity index is 1.80. The van der Waals surface area contributed by atoms with Gasteiger partial charge < -0.3 is 35.0 Å². The van der Waals surface area contributed by atoms with E-state index in [1.165, 1.54) is 17.0 Å². The average Bonchev–Trinajstić information content (AvgIpc) is 2.98. The van der Waals surface area contributed by atoms with Crippen LogP contribution in [0.2, 0.25) is 0 Å². The number of halogens is 2. The topological polar surface area (TPSA) is 104 Å². The number of carboxylic acid groups (broad SMARTS) is 1. The summed E-state index contributed by atoms with van der Waals surface area (Å²) in [6, 6.07) is 19.0. The Morgan fingerprint density at radius 3 is 2.14 bits per heavy atom. The van der Waals surface area contributed by atoms with Crippen LogP contribution in [0.3, 0.4) is 0 Å². The van der Waals surface area contributed by atoms with Gasteiger partial charge in [0.15, 0.2) is 0 Å². The van der Waals surface area contributed by atoms with Crippen molar-refractivity contribution in [1.82, 2.24) is 9.88 Å². The Bertz CT molecular complexity index is 1610. The summed E-state index contributed by atoms with van der Waals surface area (Å²) in [6.07, 6.45) is 0. The van der Waals surface area contributed by atoms with Gasteiger partial charge in [-0.2, -0.15) is 13.8 Å². The molecule has 1 heterocycles. The van der Waals surface area contributed by atoms with Crippen molar-refractivity contribution in [2.24, 2.45) is 5.73 Å². The summed E-state index contributed by atoms with van der Waals surface area (Å²) in [5.41, 5.74) is 8.39.